The molecule has 1 aliphatic rings. The lowest BCUT2D eigenvalue weighted by Crippen LogP contribution is -2.19. The van der Waals surface area contributed by atoms with Crippen molar-refractivity contribution in [3.63, 3.8) is 0 Å². The zero-order valence-corrected chi connectivity index (χ0v) is 11.4. The van der Waals surface area contributed by atoms with Gasteiger partial charge in [0, 0.05) is 29.5 Å². The molecule has 0 aliphatic carbocycles. The van der Waals surface area contributed by atoms with Gasteiger partial charge in [0.15, 0.2) is 0 Å². The molecule has 4 heteroatoms. The number of methoxy groups -OCH3 is 1. The molecule has 20 heavy (non-hydrogen) atoms. The van der Waals surface area contributed by atoms with Gasteiger partial charge in [-0.15, -0.1) is 0 Å². The molecule has 102 valence electrons. The van der Waals surface area contributed by atoms with E-state index in [0.717, 1.165) is 41.6 Å². The van der Waals surface area contributed by atoms with E-state index in [4.69, 9.17) is 4.74 Å². The van der Waals surface area contributed by atoms with E-state index in [1.807, 2.05) is 24.3 Å². The van der Waals surface area contributed by atoms with E-state index in [0.29, 0.717) is 0 Å². The van der Waals surface area contributed by atoms with Crippen molar-refractivity contribution in [2.75, 3.05) is 25.5 Å². The van der Waals surface area contributed by atoms with Crippen LogP contribution in [0.1, 0.15) is 5.56 Å². The summed E-state index contributed by atoms with van der Waals surface area (Å²) in [4.78, 5) is 4.41. The Morgan fingerprint density at radius 2 is 1.95 bits per heavy atom. The summed E-state index contributed by atoms with van der Waals surface area (Å²) in [5.74, 6) is 1.83. The van der Waals surface area contributed by atoms with Gasteiger partial charge in [0.25, 0.3) is 0 Å². The smallest absolute Gasteiger partial charge is 0.128 e. The van der Waals surface area contributed by atoms with E-state index < -0.39 is 0 Å². The van der Waals surface area contributed by atoms with Crippen LogP contribution in [0.5, 0.6) is 5.75 Å². The second-order valence-corrected chi connectivity index (χ2v) is 4.59. The molecule has 2 aromatic carbocycles. The lowest BCUT2D eigenvalue weighted by molar-refractivity contribution is 0.415. The van der Waals surface area contributed by atoms with Crippen molar-refractivity contribution in [2.45, 2.75) is 0 Å². The normalized spacial score (nSPS) is 13.6. The lowest BCUT2D eigenvalue weighted by atomic mass is 10.2. The summed E-state index contributed by atoms with van der Waals surface area (Å²) >= 11 is 0. The Morgan fingerprint density at radius 3 is 2.65 bits per heavy atom. The Bertz CT molecular complexity index is 620. The number of rotatable bonds is 4. The number of anilines is 2. The molecule has 0 saturated heterocycles. The van der Waals surface area contributed by atoms with Gasteiger partial charge < -0.3 is 15.4 Å². The highest BCUT2D eigenvalue weighted by molar-refractivity contribution is 6.00. The van der Waals surface area contributed by atoms with Gasteiger partial charge in [-0.1, -0.05) is 6.07 Å². The highest BCUT2D eigenvalue weighted by Gasteiger charge is 2.07. The molecule has 0 fully saturated rings. The quantitative estimate of drug-likeness (QED) is 0.895. The fourth-order valence-electron chi connectivity index (χ4n) is 2.17. The second kappa shape index (κ2) is 5.65. The summed E-state index contributed by atoms with van der Waals surface area (Å²) in [6.45, 7) is 1.79. The summed E-state index contributed by atoms with van der Waals surface area (Å²) < 4.78 is 5.22. The Balaban J connectivity index is 1.74. The molecular formula is C16H17N3O. The molecule has 0 bridgehead atoms. The van der Waals surface area contributed by atoms with Crippen LogP contribution in [0.2, 0.25) is 0 Å². The van der Waals surface area contributed by atoms with E-state index in [1.165, 1.54) is 0 Å². The molecule has 3 rings (SSSR count). The number of hydrogen-bond donors (Lipinski definition) is 2. The predicted octanol–water partition coefficient (Wildman–Crippen LogP) is 2.79. The third-order valence-electron chi connectivity index (χ3n) is 3.19. The van der Waals surface area contributed by atoms with Gasteiger partial charge in [-0.3, -0.25) is 4.99 Å². The van der Waals surface area contributed by atoms with Crippen LogP contribution in [0.15, 0.2) is 53.5 Å². The molecule has 0 unspecified atom stereocenters. The zero-order chi connectivity index (χ0) is 13.8. The van der Waals surface area contributed by atoms with Crippen LogP contribution in [-0.2, 0) is 0 Å². The van der Waals surface area contributed by atoms with Crippen LogP contribution in [0.25, 0.3) is 0 Å². The Labute approximate surface area is 118 Å². The minimum atomic E-state index is 0.844. The van der Waals surface area contributed by atoms with Crippen LogP contribution < -0.4 is 15.4 Å². The minimum Gasteiger partial charge on any atom is -0.497 e. The van der Waals surface area contributed by atoms with Crippen molar-refractivity contribution in [1.82, 2.24) is 5.32 Å². The molecule has 1 heterocycles. The minimum absolute atomic E-state index is 0.844. The van der Waals surface area contributed by atoms with Crippen molar-refractivity contribution in [2.24, 2.45) is 4.99 Å². The number of hydrogen-bond acceptors (Lipinski definition) is 4. The van der Waals surface area contributed by atoms with Gasteiger partial charge >= 0.3 is 0 Å². The number of benzene rings is 2. The van der Waals surface area contributed by atoms with Crippen molar-refractivity contribution in [1.29, 1.82) is 0 Å². The van der Waals surface area contributed by atoms with Crippen molar-refractivity contribution < 1.29 is 4.74 Å². The third-order valence-corrected chi connectivity index (χ3v) is 3.19. The maximum absolute atomic E-state index is 5.22. The van der Waals surface area contributed by atoms with Gasteiger partial charge in [-0.2, -0.15) is 0 Å². The summed E-state index contributed by atoms with van der Waals surface area (Å²) in [5.41, 5.74) is 3.17. The van der Waals surface area contributed by atoms with Crippen molar-refractivity contribution in [3.05, 3.63) is 54.1 Å². The SMILES string of the molecule is COc1cccc(Nc2ccc(C3=NCCN3)cc2)c1. The molecule has 1 aliphatic heterocycles. The highest BCUT2D eigenvalue weighted by Crippen LogP contribution is 2.21. The summed E-state index contributed by atoms with van der Waals surface area (Å²) in [5, 5.41) is 6.63. The molecule has 0 atom stereocenters. The van der Waals surface area contributed by atoms with E-state index in [9.17, 15) is 0 Å². The van der Waals surface area contributed by atoms with E-state index in [-0.39, 0.29) is 0 Å². The molecule has 0 amide bonds. The average Bonchev–Trinajstić information content (AvgIpc) is 3.02. The van der Waals surface area contributed by atoms with Gasteiger partial charge in [-0.25, -0.2) is 0 Å². The van der Waals surface area contributed by atoms with Crippen molar-refractivity contribution >= 4 is 17.2 Å². The van der Waals surface area contributed by atoms with Gasteiger partial charge in [0.05, 0.1) is 13.7 Å². The summed E-state index contributed by atoms with van der Waals surface area (Å²) in [6, 6.07) is 16.1. The molecule has 0 spiro atoms. The average molecular weight is 267 g/mol. The van der Waals surface area contributed by atoms with Gasteiger partial charge in [-0.05, 0) is 36.4 Å². The van der Waals surface area contributed by atoms with E-state index >= 15 is 0 Å². The van der Waals surface area contributed by atoms with E-state index in [2.05, 4.69) is 39.9 Å². The van der Waals surface area contributed by atoms with Crippen LogP contribution >= 0.6 is 0 Å². The highest BCUT2D eigenvalue weighted by atomic mass is 16.5. The zero-order valence-electron chi connectivity index (χ0n) is 11.4. The first-order valence-electron chi connectivity index (χ1n) is 6.65. The molecule has 4 nitrogen and oxygen atoms in total. The monoisotopic (exact) mass is 267 g/mol. The molecule has 0 aromatic heterocycles. The molecule has 0 radical (unpaired) electrons. The van der Waals surface area contributed by atoms with Gasteiger partial charge in [0.2, 0.25) is 0 Å². The first-order chi connectivity index (χ1) is 9.85. The van der Waals surface area contributed by atoms with Crippen LogP contribution in [0.3, 0.4) is 0 Å². The Hall–Kier alpha value is -2.49. The number of amidine groups is 1. The number of ether oxygens (including phenoxy) is 1. The second-order valence-electron chi connectivity index (χ2n) is 4.59. The maximum atomic E-state index is 5.22. The maximum Gasteiger partial charge on any atom is 0.128 e. The van der Waals surface area contributed by atoms with Crippen LogP contribution in [-0.4, -0.2) is 26.0 Å². The number of nitrogens with one attached hydrogen (secondary N) is 2. The first kappa shape index (κ1) is 12.5. The Morgan fingerprint density at radius 1 is 1.10 bits per heavy atom. The summed E-state index contributed by atoms with van der Waals surface area (Å²) in [7, 11) is 1.67. The third kappa shape index (κ3) is 2.74. The van der Waals surface area contributed by atoms with Gasteiger partial charge in [0.1, 0.15) is 11.6 Å². The molecular weight excluding hydrogens is 250 g/mol. The first-order valence-corrected chi connectivity index (χ1v) is 6.65. The van der Waals surface area contributed by atoms with Crippen molar-refractivity contribution in [3.8, 4) is 5.75 Å². The van der Waals surface area contributed by atoms with E-state index in [1.54, 1.807) is 7.11 Å². The molecule has 0 saturated carbocycles. The topological polar surface area (TPSA) is 45.6 Å². The fraction of sp³-hybridized carbons (Fsp3) is 0.188. The Kier molecular flexibility index (Phi) is 3.54. The van der Waals surface area contributed by atoms with Crippen LogP contribution in [0, 0.1) is 0 Å². The number of nitrogens with zero attached hydrogens (tertiary/aromatic N) is 1. The van der Waals surface area contributed by atoms with Crippen LogP contribution in [0.4, 0.5) is 11.4 Å². The number of aliphatic imine (C=N–C) groups is 1. The largest absolute Gasteiger partial charge is 0.497 e. The summed E-state index contributed by atoms with van der Waals surface area (Å²) in [6.07, 6.45) is 0. The predicted molar refractivity (Wildman–Crippen MR) is 82.1 cm³/mol. The standard InChI is InChI=1S/C16H17N3O/c1-20-15-4-2-3-14(11-15)19-13-7-5-12(6-8-13)16-17-9-10-18-16/h2-8,11,19H,9-10H2,1H3,(H,17,18). The lowest BCUT2D eigenvalue weighted by Gasteiger charge is -2.09. The molecule has 2 aromatic rings. The molecule has 2 N–H and O–H groups in total. The fourth-order valence-corrected chi connectivity index (χ4v) is 2.17.